The Balaban J connectivity index is 1.91. The molecule has 0 saturated carbocycles. The normalized spacial score (nSPS) is 10.7. The van der Waals surface area contributed by atoms with Crippen molar-refractivity contribution in [3.05, 3.63) is 46.1 Å². The summed E-state index contributed by atoms with van der Waals surface area (Å²) >= 11 is 12.0. The van der Waals surface area contributed by atoms with Crippen molar-refractivity contribution in [2.75, 3.05) is 17.2 Å². The van der Waals surface area contributed by atoms with Gasteiger partial charge in [-0.2, -0.15) is 4.98 Å². The first-order valence-electron chi connectivity index (χ1n) is 6.82. The zero-order valence-electron chi connectivity index (χ0n) is 12.0. The highest BCUT2D eigenvalue weighted by Gasteiger charge is 2.03. The van der Waals surface area contributed by atoms with Gasteiger partial charge >= 0.3 is 0 Å². The molecule has 2 N–H and O–H groups in total. The third-order valence-electron chi connectivity index (χ3n) is 2.79. The molecule has 0 unspecified atom stereocenters. The van der Waals surface area contributed by atoms with Gasteiger partial charge in [-0.1, -0.05) is 29.3 Å². The first-order valence-corrected chi connectivity index (χ1v) is 7.57. The molecule has 0 aliphatic carbocycles. The molecule has 0 atom stereocenters. The maximum Gasteiger partial charge on any atom is 0.224 e. The first kappa shape index (κ1) is 15.9. The Kier molecular flexibility index (Phi) is 5.65. The van der Waals surface area contributed by atoms with Crippen molar-refractivity contribution in [3.63, 3.8) is 0 Å². The average molecular weight is 325 g/mol. The van der Waals surface area contributed by atoms with Crippen LogP contribution in [-0.4, -0.2) is 22.6 Å². The van der Waals surface area contributed by atoms with E-state index in [2.05, 4.69) is 20.6 Å². The highest BCUT2D eigenvalue weighted by atomic mass is 35.5. The second-order valence-corrected chi connectivity index (χ2v) is 5.82. The summed E-state index contributed by atoms with van der Waals surface area (Å²) < 4.78 is 0. The molecule has 0 radical (unpaired) electrons. The van der Waals surface area contributed by atoms with E-state index in [0.29, 0.717) is 22.0 Å². The number of nitrogens with one attached hydrogen (secondary N) is 2. The Labute approximate surface area is 134 Å². The molecule has 2 aromatic rings. The van der Waals surface area contributed by atoms with E-state index in [4.69, 9.17) is 23.2 Å². The van der Waals surface area contributed by atoms with Crippen molar-refractivity contribution >= 4 is 35.0 Å². The van der Waals surface area contributed by atoms with Crippen molar-refractivity contribution in [2.45, 2.75) is 26.3 Å². The Morgan fingerprint density at radius 1 is 1.19 bits per heavy atom. The van der Waals surface area contributed by atoms with Crippen LogP contribution in [0.5, 0.6) is 0 Å². The molecule has 21 heavy (non-hydrogen) atoms. The summed E-state index contributed by atoms with van der Waals surface area (Å²) in [7, 11) is 0. The number of rotatable bonds is 6. The predicted octanol–water partition coefficient (Wildman–Crippen LogP) is 4.26. The Hall–Kier alpha value is -1.52. The molecule has 1 aromatic heterocycles. The fourth-order valence-electron chi connectivity index (χ4n) is 1.83. The molecule has 0 aliphatic rings. The second-order valence-electron chi connectivity index (χ2n) is 4.98. The van der Waals surface area contributed by atoms with Crippen LogP contribution < -0.4 is 10.6 Å². The van der Waals surface area contributed by atoms with Crippen LogP contribution in [0.25, 0.3) is 0 Å². The van der Waals surface area contributed by atoms with E-state index in [1.807, 2.05) is 32.0 Å². The fourth-order valence-corrected chi connectivity index (χ4v) is 2.34. The number of anilines is 2. The van der Waals surface area contributed by atoms with Gasteiger partial charge in [-0.25, -0.2) is 4.98 Å². The van der Waals surface area contributed by atoms with Gasteiger partial charge in [0.15, 0.2) is 0 Å². The molecule has 2 rings (SSSR count). The molecule has 112 valence electrons. The van der Waals surface area contributed by atoms with Crippen molar-refractivity contribution < 1.29 is 0 Å². The summed E-state index contributed by atoms with van der Waals surface area (Å²) in [6.45, 7) is 4.83. The van der Waals surface area contributed by atoms with E-state index < -0.39 is 0 Å². The van der Waals surface area contributed by atoms with E-state index in [1.165, 1.54) is 0 Å². The van der Waals surface area contributed by atoms with Gasteiger partial charge in [-0.15, -0.1) is 0 Å². The number of hydrogen-bond donors (Lipinski definition) is 2. The van der Waals surface area contributed by atoms with Gasteiger partial charge in [-0.3, -0.25) is 0 Å². The van der Waals surface area contributed by atoms with Crippen LogP contribution in [0.4, 0.5) is 11.8 Å². The fraction of sp³-hybridized carbons (Fsp3) is 0.333. The minimum atomic E-state index is 0.299. The molecule has 0 spiro atoms. The molecule has 6 heteroatoms. The summed E-state index contributed by atoms with van der Waals surface area (Å²) in [5.74, 6) is 1.41. The molecule has 0 bridgehead atoms. The van der Waals surface area contributed by atoms with Crippen LogP contribution in [0.15, 0.2) is 30.5 Å². The highest BCUT2D eigenvalue weighted by Crippen LogP contribution is 2.21. The average Bonchev–Trinajstić information content (AvgIpc) is 2.41. The predicted molar refractivity (Wildman–Crippen MR) is 89.4 cm³/mol. The summed E-state index contributed by atoms with van der Waals surface area (Å²) in [5.41, 5.74) is 1.06. The molecular formula is C15H18Cl2N4. The van der Waals surface area contributed by atoms with Crippen molar-refractivity contribution in [2.24, 2.45) is 0 Å². The van der Waals surface area contributed by atoms with Gasteiger partial charge in [0.2, 0.25) is 5.95 Å². The molecule has 1 heterocycles. The minimum Gasteiger partial charge on any atom is -0.370 e. The maximum absolute atomic E-state index is 6.15. The van der Waals surface area contributed by atoms with Crippen molar-refractivity contribution in [1.29, 1.82) is 0 Å². The molecule has 1 aromatic carbocycles. The summed E-state index contributed by atoms with van der Waals surface area (Å²) in [6.07, 6.45) is 2.53. The lowest BCUT2D eigenvalue weighted by Crippen LogP contribution is -2.14. The van der Waals surface area contributed by atoms with E-state index in [1.54, 1.807) is 12.3 Å². The van der Waals surface area contributed by atoms with E-state index >= 15 is 0 Å². The minimum absolute atomic E-state index is 0.299. The van der Waals surface area contributed by atoms with Gasteiger partial charge < -0.3 is 10.6 Å². The lowest BCUT2D eigenvalue weighted by atomic mass is 10.1. The van der Waals surface area contributed by atoms with Gasteiger partial charge in [0.05, 0.1) is 0 Å². The summed E-state index contributed by atoms with van der Waals surface area (Å²) in [5, 5.41) is 7.78. The second kappa shape index (κ2) is 7.48. The largest absolute Gasteiger partial charge is 0.370 e. The molecule has 0 saturated heterocycles. The van der Waals surface area contributed by atoms with Crippen LogP contribution in [0.2, 0.25) is 10.0 Å². The zero-order valence-corrected chi connectivity index (χ0v) is 13.5. The number of nitrogens with zero attached hydrogens (tertiary/aromatic N) is 2. The molecule has 0 aliphatic heterocycles. The van der Waals surface area contributed by atoms with Crippen LogP contribution in [0.1, 0.15) is 19.4 Å². The highest BCUT2D eigenvalue weighted by molar-refractivity contribution is 6.35. The van der Waals surface area contributed by atoms with E-state index in [-0.39, 0.29) is 0 Å². The lowest BCUT2D eigenvalue weighted by Gasteiger charge is -2.10. The van der Waals surface area contributed by atoms with Crippen LogP contribution >= 0.6 is 23.2 Å². The van der Waals surface area contributed by atoms with Crippen LogP contribution in [-0.2, 0) is 6.42 Å². The Bertz CT molecular complexity index is 602. The monoisotopic (exact) mass is 324 g/mol. The third-order valence-corrected chi connectivity index (χ3v) is 3.38. The zero-order chi connectivity index (χ0) is 15.2. The van der Waals surface area contributed by atoms with Crippen LogP contribution in [0, 0.1) is 0 Å². The van der Waals surface area contributed by atoms with Crippen LogP contribution in [0.3, 0.4) is 0 Å². The first-order chi connectivity index (χ1) is 10.0. The molecule has 0 fully saturated rings. The Morgan fingerprint density at radius 3 is 2.71 bits per heavy atom. The van der Waals surface area contributed by atoms with Gasteiger partial charge in [0.25, 0.3) is 0 Å². The van der Waals surface area contributed by atoms with Crippen molar-refractivity contribution in [3.8, 4) is 0 Å². The summed E-state index contributed by atoms with van der Waals surface area (Å²) in [6, 6.07) is 7.69. The maximum atomic E-state index is 6.15. The lowest BCUT2D eigenvalue weighted by molar-refractivity contribution is 0.873. The van der Waals surface area contributed by atoms with Crippen molar-refractivity contribution in [1.82, 2.24) is 9.97 Å². The Morgan fingerprint density at radius 2 is 2.00 bits per heavy atom. The molecule has 4 nitrogen and oxygen atoms in total. The smallest absolute Gasteiger partial charge is 0.224 e. The summed E-state index contributed by atoms with van der Waals surface area (Å²) in [4.78, 5) is 8.56. The standard InChI is InChI=1S/C15H18Cl2N4/c1-10(2)20-15-19-8-6-14(21-15)18-7-5-11-3-4-12(16)9-13(11)17/h3-4,6,8-10H,5,7H2,1-2H3,(H2,18,19,20,21). The molecule has 0 amide bonds. The number of benzene rings is 1. The number of hydrogen-bond acceptors (Lipinski definition) is 4. The quantitative estimate of drug-likeness (QED) is 0.833. The SMILES string of the molecule is CC(C)Nc1nccc(NCCc2ccc(Cl)cc2Cl)n1. The topological polar surface area (TPSA) is 49.8 Å². The number of aromatic nitrogens is 2. The third kappa shape index (κ3) is 5.06. The van der Waals surface area contributed by atoms with Gasteiger partial charge in [-0.05, 0) is 44.0 Å². The van der Waals surface area contributed by atoms with Gasteiger partial charge in [0.1, 0.15) is 5.82 Å². The van der Waals surface area contributed by atoms with Gasteiger partial charge in [0, 0.05) is 28.8 Å². The number of halogens is 2. The van der Waals surface area contributed by atoms with E-state index in [0.717, 1.165) is 24.3 Å². The molecular weight excluding hydrogens is 307 g/mol. The van der Waals surface area contributed by atoms with E-state index in [9.17, 15) is 0 Å².